The van der Waals surface area contributed by atoms with Crippen LogP contribution in [0.15, 0.2) is 18.2 Å². The Bertz CT molecular complexity index is 635. The van der Waals surface area contributed by atoms with Crippen LogP contribution in [-0.2, 0) is 6.42 Å². The number of rotatable bonds is 0. The fourth-order valence-electron chi connectivity index (χ4n) is 7.60. The number of hydrogen-bond acceptors (Lipinski definition) is 1. The van der Waals surface area contributed by atoms with E-state index in [1.165, 1.54) is 45.1 Å². The van der Waals surface area contributed by atoms with Gasteiger partial charge in [-0.25, -0.2) is 0 Å². The van der Waals surface area contributed by atoms with Crippen molar-refractivity contribution in [3.8, 4) is 0 Å². The maximum atomic E-state index is 2.68. The van der Waals surface area contributed by atoms with Gasteiger partial charge < -0.3 is 4.90 Å². The molecule has 1 saturated heterocycles. The van der Waals surface area contributed by atoms with E-state index in [9.17, 15) is 0 Å². The van der Waals surface area contributed by atoms with Crippen molar-refractivity contribution in [3.63, 3.8) is 0 Å². The summed E-state index contributed by atoms with van der Waals surface area (Å²) < 4.78 is 0. The molecule has 6 unspecified atom stereocenters. The highest BCUT2D eigenvalue weighted by Crippen LogP contribution is 2.66. The standard InChI is InChI=1S/C22H31N/c1-14-5-4-6-17-16(14)7-8-19-18(17)11-12-22-13-23(3)15(2)20(22)9-10-21(19)22/h4-6,15,18-21H,7-13H2,1-3H3. The Balaban J connectivity index is 1.53. The van der Waals surface area contributed by atoms with Gasteiger partial charge in [0.25, 0.3) is 0 Å². The first-order chi connectivity index (χ1) is 11.1. The minimum Gasteiger partial charge on any atom is -0.303 e. The number of fused-ring (bicyclic) bond motifs is 4. The summed E-state index contributed by atoms with van der Waals surface area (Å²) in [5.74, 6) is 3.83. The molecule has 1 aromatic carbocycles. The molecule has 5 rings (SSSR count). The number of nitrogens with zero attached hydrogens (tertiary/aromatic N) is 1. The number of likely N-dealkylation sites (tertiary alicyclic amines) is 1. The normalized spacial score (nSPS) is 45.3. The van der Waals surface area contributed by atoms with Gasteiger partial charge in [0, 0.05) is 12.6 Å². The SMILES string of the molecule is Cc1cccc2c1CCC1C2CCC23CN(C)C(C)C2CCC13. The second-order valence-corrected chi connectivity index (χ2v) is 9.17. The fraction of sp³-hybridized carbons (Fsp3) is 0.727. The molecule has 2 saturated carbocycles. The summed E-state index contributed by atoms with van der Waals surface area (Å²) in [6.07, 6.45) is 8.76. The van der Waals surface area contributed by atoms with E-state index in [1.54, 1.807) is 16.7 Å². The Morgan fingerprint density at radius 1 is 1.09 bits per heavy atom. The molecule has 1 heteroatoms. The van der Waals surface area contributed by atoms with Crippen molar-refractivity contribution >= 4 is 0 Å². The van der Waals surface area contributed by atoms with Crippen molar-refractivity contribution < 1.29 is 0 Å². The highest BCUT2D eigenvalue weighted by Gasteiger charge is 2.61. The summed E-state index contributed by atoms with van der Waals surface area (Å²) in [4.78, 5) is 2.68. The van der Waals surface area contributed by atoms with Crippen molar-refractivity contribution in [2.24, 2.45) is 23.2 Å². The van der Waals surface area contributed by atoms with Crippen LogP contribution in [-0.4, -0.2) is 24.5 Å². The summed E-state index contributed by atoms with van der Waals surface area (Å²) in [6.45, 7) is 6.20. The van der Waals surface area contributed by atoms with Crippen LogP contribution in [0.5, 0.6) is 0 Å². The van der Waals surface area contributed by atoms with E-state index in [0.717, 1.165) is 29.7 Å². The van der Waals surface area contributed by atoms with Crippen LogP contribution in [0.2, 0.25) is 0 Å². The lowest BCUT2D eigenvalue weighted by molar-refractivity contribution is 0.0331. The van der Waals surface area contributed by atoms with Gasteiger partial charge in [0.05, 0.1) is 0 Å². The van der Waals surface area contributed by atoms with Gasteiger partial charge >= 0.3 is 0 Å². The molecule has 0 bridgehead atoms. The van der Waals surface area contributed by atoms with Gasteiger partial charge in [-0.05, 0) is 105 Å². The molecule has 0 radical (unpaired) electrons. The van der Waals surface area contributed by atoms with Crippen molar-refractivity contribution in [3.05, 3.63) is 34.9 Å². The Morgan fingerprint density at radius 3 is 2.78 bits per heavy atom. The van der Waals surface area contributed by atoms with E-state index >= 15 is 0 Å². The molecular weight excluding hydrogens is 278 g/mol. The van der Waals surface area contributed by atoms with Crippen LogP contribution in [0.1, 0.15) is 61.6 Å². The molecule has 4 aliphatic rings. The van der Waals surface area contributed by atoms with Crippen LogP contribution in [0.3, 0.4) is 0 Å². The molecule has 124 valence electrons. The molecule has 1 aliphatic heterocycles. The maximum absolute atomic E-state index is 2.68. The quantitative estimate of drug-likeness (QED) is 0.666. The Kier molecular flexibility index (Phi) is 3.06. The molecule has 0 N–H and O–H groups in total. The van der Waals surface area contributed by atoms with Gasteiger partial charge in [0.15, 0.2) is 0 Å². The van der Waals surface area contributed by atoms with E-state index in [0.29, 0.717) is 5.41 Å². The minimum absolute atomic E-state index is 0.677. The first kappa shape index (κ1) is 14.5. The topological polar surface area (TPSA) is 3.24 Å². The molecular formula is C22H31N. The molecule has 0 aromatic heterocycles. The average Bonchev–Trinajstić information content (AvgIpc) is 3.03. The van der Waals surface area contributed by atoms with Gasteiger partial charge in [-0.3, -0.25) is 0 Å². The third-order valence-electron chi connectivity index (χ3n) is 8.61. The summed E-state index contributed by atoms with van der Waals surface area (Å²) in [5, 5.41) is 0. The summed E-state index contributed by atoms with van der Waals surface area (Å²) in [5.41, 5.74) is 5.66. The molecule has 1 spiro atoms. The Hall–Kier alpha value is -0.820. The zero-order valence-corrected chi connectivity index (χ0v) is 15.0. The van der Waals surface area contributed by atoms with Gasteiger partial charge in [-0.15, -0.1) is 0 Å². The summed E-state index contributed by atoms with van der Waals surface area (Å²) in [6, 6.07) is 7.91. The maximum Gasteiger partial charge on any atom is 0.00982 e. The Labute approximate surface area is 141 Å². The highest BCUT2D eigenvalue weighted by molar-refractivity contribution is 5.40. The van der Waals surface area contributed by atoms with E-state index in [2.05, 4.69) is 44.0 Å². The zero-order valence-electron chi connectivity index (χ0n) is 15.0. The molecule has 3 aliphatic carbocycles. The van der Waals surface area contributed by atoms with Crippen molar-refractivity contribution in [1.82, 2.24) is 4.90 Å². The van der Waals surface area contributed by atoms with E-state index < -0.39 is 0 Å². The molecule has 1 nitrogen and oxygen atoms in total. The van der Waals surface area contributed by atoms with Crippen LogP contribution < -0.4 is 0 Å². The lowest BCUT2D eigenvalue weighted by Crippen LogP contribution is -2.45. The van der Waals surface area contributed by atoms with Crippen LogP contribution in [0.4, 0.5) is 0 Å². The van der Waals surface area contributed by atoms with Gasteiger partial charge in [0.2, 0.25) is 0 Å². The molecule has 3 fully saturated rings. The number of hydrogen-bond donors (Lipinski definition) is 0. The third kappa shape index (κ3) is 1.78. The summed E-state index contributed by atoms with van der Waals surface area (Å²) >= 11 is 0. The predicted octanol–water partition coefficient (Wildman–Crippen LogP) is 4.78. The Morgan fingerprint density at radius 2 is 1.91 bits per heavy atom. The molecule has 1 heterocycles. The lowest BCUT2D eigenvalue weighted by Gasteiger charge is -2.51. The third-order valence-corrected chi connectivity index (χ3v) is 8.61. The first-order valence-corrected chi connectivity index (χ1v) is 9.90. The fourth-order valence-corrected chi connectivity index (χ4v) is 7.60. The minimum atomic E-state index is 0.677. The molecule has 23 heavy (non-hydrogen) atoms. The molecule has 6 atom stereocenters. The number of aryl methyl sites for hydroxylation is 1. The monoisotopic (exact) mass is 309 g/mol. The van der Waals surface area contributed by atoms with Crippen molar-refractivity contribution in [1.29, 1.82) is 0 Å². The summed E-state index contributed by atoms with van der Waals surface area (Å²) in [7, 11) is 2.38. The lowest BCUT2D eigenvalue weighted by atomic mass is 9.53. The van der Waals surface area contributed by atoms with Crippen LogP contribution in [0, 0.1) is 30.1 Å². The predicted molar refractivity (Wildman–Crippen MR) is 95.7 cm³/mol. The van der Waals surface area contributed by atoms with Crippen molar-refractivity contribution in [2.75, 3.05) is 13.6 Å². The van der Waals surface area contributed by atoms with E-state index in [-0.39, 0.29) is 0 Å². The average molecular weight is 309 g/mol. The van der Waals surface area contributed by atoms with E-state index in [1.807, 2.05) is 0 Å². The van der Waals surface area contributed by atoms with Crippen LogP contribution >= 0.6 is 0 Å². The second kappa shape index (κ2) is 4.85. The largest absolute Gasteiger partial charge is 0.303 e. The van der Waals surface area contributed by atoms with Crippen LogP contribution in [0.25, 0.3) is 0 Å². The smallest absolute Gasteiger partial charge is 0.00982 e. The first-order valence-electron chi connectivity index (χ1n) is 9.90. The van der Waals surface area contributed by atoms with E-state index in [4.69, 9.17) is 0 Å². The van der Waals surface area contributed by atoms with Gasteiger partial charge in [-0.1, -0.05) is 18.2 Å². The van der Waals surface area contributed by atoms with Crippen molar-refractivity contribution in [2.45, 2.75) is 64.3 Å². The highest BCUT2D eigenvalue weighted by atomic mass is 15.2. The van der Waals surface area contributed by atoms with Gasteiger partial charge in [0.1, 0.15) is 0 Å². The second-order valence-electron chi connectivity index (χ2n) is 9.17. The van der Waals surface area contributed by atoms with Gasteiger partial charge in [-0.2, -0.15) is 0 Å². The number of benzene rings is 1. The molecule has 1 aromatic rings. The zero-order chi connectivity index (χ0) is 15.8. The molecule has 0 amide bonds.